The second-order valence-corrected chi connectivity index (χ2v) is 9.17. The number of ether oxygens (including phenoxy) is 2. The van der Waals surface area contributed by atoms with Crippen molar-refractivity contribution in [2.75, 3.05) is 19.0 Å². The number of nitrogens with one attached hydrogen (secondary N) is 2. The molecule has 0 unspecified atom stereocenters. The molecule has 0 spiro atoms. The van der Waals surface area contributed by atoms with Crippen LogP contribution in [0.25, 0.3) is 0 Å². The summed E-state index contributed by atoms with van der Waals surface area (Å²) < 4.78 is 39.4. The van der Waals surface area contributed by atoms with Gasteiger partial charge < -0.3 is 14.8 Å². The van der Waals surface area contributed by atoms with Gasteiger partial charge in [-0.1, -0.05) is 36.4 Å². The van der Waals surface area contributed by atoms with Crippen molar-refractivity contribution in [2.24, 2.45) is 0 Å². The number of rotatable bonds is 10. The van der Waals surface area contributed by atoms with E-state index in [2.05, 4.69) is 10.0 Å². The molecule has 174 valence electrons. The molecular weight excluding hydrogens is 440 g/mol. The van der Waals surface area contributed by atoms with Crippen LogP contribution in [0.2, 0.25) is 0 Å². The first-order valence-electron chi connectivity index (χ1n) is 10.6. The van der Waals surface area contributed by atoms with E-state index in [0.29, 0.717) is 23.8 Å². The lowest BCUT2D eigenvalue weighted by atomic mass is 10.1. The van der Waals surface area contributed by atoms with Crippen molar-refractivity contribution in [3.05, 3.63) is 83.9 Å². The van der Waals surface area contributed by atoms with Crippen LogP contribution < -0.4 is 19.5 Å². The molecule has 0 aliphatic rings. The van der Waals surface area contributed by atoms with Gasteiger partial charge in [0.05, 0.1) is 24.3 Å². The van der Waals surface area contributed by atoms with Crippen LogP contribution in [0.1, 0.15) is 18.1 Å². The summed E-state index contributed by atoms with van der Waals surface area (Å²) in [5.41, 5.74) is 2.23. The van der Waals surface area contributed by atoms with E-state index in [0.717, 1.165) is 11.1 Å². The fourth-order valence-corrected chi connectivity index (χ4v) is 4.51. The van der Waals surface area contributed by atoms with Crippen molar-refractivity contribution >= 4 is 21.6 Å². The van der Waals surface area contributed by atoms with Gasteiger partial charge in [-0.2, -0.15) is 4.72 Å². The van der Waals surface area contributed by atoms with Crippen molar-refractivity contribution in [1.29, 1.82) is 0 Å². The lowest BCUT2D eigenvalue weighted by Crippen LogP contribution is -2.45. The van der Waals surface area contributed by atoms with E-state index in [4.69, 9.17) is 9.47 Å². The molecule has 1 atom stereocenters. The number of sulfonamides is 1. The van der Waals surface area contributed by atoms with Crippen molar-refractivity contribution in [3.8, 4) is 11.5 Å². The number of hydrogen-bond donors (Lipinski definition) is 2. The molecule has 3 aromatic rings. The molecule has 0 aliphatic carbocycles. The van der Waals surface area contributed by atoms with E-state index >= 15 is 0 Å². The molecule has 0 heterocycles. The zero-order valence-electron chi connectivity index (χ0n) is 18.9. The van der Waals surface area contributed by atoms with Gasteiger partial charge in [-0.05, 0) is 67.8 Å². The Labute approximate surface area is 194 Å². The molecule has 33 heavy (non-hydrogen) atoms. The molecular formula is C25H28N2O5S. The molecule has 2 N–H and O–H groups in total. The quantitative estimate of drug-likeness (QED) is 0.470. The summed E-state index contributed by atoms with van der Waals surface area (Å²) in [6.45, 7) is 4.22. The highest BCUT2D eigenvalue weighted by Gasteiger charge is 2.27. The Morgan fingerprint density at radius 1 is 1.00 bits per heavy atom. The minimum absolute atomic E-state index is 0.0463. The Morgan fingerprint density at radius 3 is 2.33 bits per heavy atom. The maximum absolute atomic E-state index is 13.2. The molecule has 3 rings (SSSR count). The predicted molar refractivity (Wildman–Crippen MR) is 128 cm³/mol. The van der Waals surface area contributed by atoms with Crippen LogP contribution >= 0.6 is 0 Å². The van der Waals surface area contributed by atoms with Gasteiger partial charge in [-0.15, -0.1) is 0 Å². The summed E-state index contributed by atoms with van der Waals surface area (Å²) in [6, 6.07) is 19.7. The molecule has 0 saturated carbocycles. The van der Waals surface area contributed by atoms with Crippen molar-refractivity contribution < 1.29 is 22.7 Å². The lowest BCUT2D eigenvalue weighted by molar-refractivity contribution is -0.117. The lowest BCUT2D eigenvalue weighted by Gasteiger charge is -2.20. The molecule has 0 fully saturated rings. The average Bonchev–Trinajstić information content (AvgIpc) is 2.80. The Hall–Kier alpha value is -3.36. The molecule has 0 aliphatic heterocycles. The number of anilines is 1. The summed E-state index contributed by atoms with van der Waals surface area (Å²) in [6.07, 6.45) is 0.178. The first-order chi connectivity index (χ1) is 15.8. The SMILES string of the molecule is CCOc1ccc(S(=O)(=O)N[C@H](Cc2ccccc2)C(=O)Nc2cc(C)ccc2OC)cc1. The van der Waals surface area contributed by atoms with E-state index in [1.54, 1.807) is 24.3 Å². The molecule has 0 bridgehead atoms. The fraction of sp³-hybridized carbons (Fsp3) is 0.240. The zero-order valence-corrected chi connectivity index (χ0v) is 19.7. The van der Waals surface area contributed by atoms with Gasteiger partial charge in [0.15, 0.2) is 0 Å². The van der Waals surface area contributed by atoms with Gasteiger partial charge in [0.25, 0.3) is 0 Å². The first-order valence-corrected chi connectivity index (χ1v) is 12.1. The van der Waals surface area contributed by atoms with E-state index in [1.165, 1.54) is 19.2 Å². The Bertz CT molecular complexity index is 1180. The van der Waals surface area contributed by atoms with Gasteiger partial charge in [0.1, 0.15) is 17.5 Å². The second kappa shape index (κ2) is 11.0. The molecule has 0 aromatic heterocycles. The number of amides is 1. The number of benzene rings is 3. The van der Waals surface area contributed by atoms with Gasteiger partial charge in [0.2, 0.25) is 15.9 Å². The maximum Gasteiger partial charge on any atom is 0.243 e. The Morgan fingerprint density at radius 2 is 1.70 bits per heavy atom. The van der Waals surface area contributed by atoms with E-state index < -0.39 is 22.0 Å². The number of aryl methyl sites for hydroxylation is 1. The Balaban J connectivity index is 1.87. The van der Waals surface area contributed by atoms with Gasteiger partial charge in [-0.3, -0.25) is 4.79 Å². The summed E-state index contributed by atoms with van der Waals surface area (Å²) in [7, 11) is -2.46. The van der Waals surface area contributed by atoms with Crippen molar-refractivity contribution in [1.82, 2.24) is 4.72 Å². The van der Waals surface area contributed by atoms with Crippen molar-refractivity contribution in [2.45, 2.75) is 31.2 Å². The number of carbonyl (C=O) groups excluding carboxylic acids is 1. The van der Waals surface area contributed by atoms with Crippen LogP contribution in [0.5, 0.6) is 11.5 Å². The molecule has 8 heteroatoms. The van der Waals surface area contributed by atoms with Crippen molar-refractivity contribution in [3.63, 3.8) is 0 Å². The first kappa shape index (κ1) is 24.3. The molecule has 7 nitrogen and oxygen atoms in total. The smallest absolute Gasteiger partial charge is 0.243 e. The largest absolute Gasteiger partial charge is 0.495 e. The molecule has 3 aromatic carbocycles. The number of methoxy groups -OCH3 is 1. The standard InChI is InChI=1S/C25H28N2O5S/c1-4-32-20-11-13-21(14-12-20)33(29,30)27-23(17-19-8-6-5-7-9-19)25(28)26-22-16-18(2)10-15-24(22)31-3/h5-16,23,27H,4,17H2,1-3H3,(H,26,28)/t23-/m1/s1. The highest BCUT2D eigenvalue weighted by Crippen LogP contribution is 2.26. The average molecular weight is 469 g/mol. The van der Waals surface area contributed by atoms with Crippen LogP contribution in [0.3, 0.4) is 0 Å². The predicted octanol–water partition coefficient (Wildman–Crippen LogP) is 3.93. The third-order valence-electron chi connectivity index (χ3n) is 4.95. The second-order valence-electron chi connectivity index (χ2n) is 7.46. The van der Waals surface area contributed by atoms with Crippen LogP contribution in [0.4, 0.5) is 5.69 Å². The third-order valence-corrected chi connectivity index (χ3v) is 6.44. The monoisotopic (exact) mass is 468 g/mol. The minimum atomic E-state index is -3.97. The van der Waals surface area contributed by atoms with Gasteiger partial charge >= 0.3 is 0 Å². The highest BCUT2D eigenvalue weighted by atomic mass is 32.2. The van der Waals surface area contributed by atoms with Crippen LogP contribution in [-0.4, -0.2) is 34.1 Å². The van der Waals surface area contributed by atoms with Gasteiger partial charge in [-0.25, -0.2) is 8.42 Å². The Kier molecular flexibility index (Phi) is 8.08. The summed E-state index contributed by atoms with van der Waals surface area (Å²) in [5, 5.41) is 2.81. The summed E-state index contributed by atoms with van der Waals surface area (Å²) >= 11 is 0. The van der Waals surface area contributed by atoms with Crippen LogP contribution in [-0.2, 0) is 21.2 Å². The number of hydrogen-bond acceptors (Lipinski definition) is 5. The van der Waals surface area contributed by atoms with E-state index in [-0.39, 0.29) is 11.3 Å². The van der Waals surface area contributed by atoms with Crippen LogP contribution in [0, 0.1) is 6.92 Å². The molecule has 1 amide bonds. The summed E-state index contributed by atoms with van der Waals surface area (Å²) in [4.78, 5) is 13.3. The highest BCUT2D eigenvalue weighted by molar-refractivity contribution is 7.89. The van der Waals surface area contributed by atoms with Crippen LogP contribution in [0.15, 0.2) is 77.7 Å². The molecule has 0 saturated heterocycles. The van der Waals surface area contributed by atoms with E-state index in [1.807, 2.05) is 50.2 Å². The maximum atomic E-state index is 13.2. The van der Waals surface area contributed by atoms with Gasteiger partial charge in [0, 0.05) is 0 Å². The minimum Gasteiger partial charge on any atom is -0.495 e. The third kappa shape index (κ3) is 6.57. The topological polar surface area (TPSA) is 93.7 Å². The normalized spacial score (nSPS) is 12.1. The number of carbonyl (C=O) groups is 1. The zero-order chi connectivity index (χ0) is 23.8. The summed E-state index contributed by atoms with van der Waals surface area (Å²) in [5.74, 6) is 0.570. The van der Waals surface area contributed by atoms with E-state index in [9.17, 15) is 13.2 Å². The molecule has 0 radical (unpaired) electrons. The fourth-order valence-electron chi connectivity index (χ4n) is 3.31.